The van der Waals surface area contributed by atoms with Crippen molar-refractivity contribution in [1.29, 1.82) is 5.26 Å². The van der Waals surface area contributed by atoms with Gasteiger partial charge in [-0.2, -0.15) is 5.26 Å². The summed E-state index contributed by atoms with van der Waals surface area (Å²) in [4.78, 5) is 58.8. The fraction of sp³-hybridized carbons (Fsp3) is 0.652. The van der Waals surface area contributed by atoms with E-state index in [9.17, 15) is 29.2 Å². The first-order valence-corrected chi connectivity index (χ1v) is 11.1. The van der Waals surface area contributed by atoms with Crippen LogP contribution < -0.4 is 0 Å². The number of ether oxygens (including phenoxy) is 7. The molecule has 13 heteroatoms. The lowest BCUT2D eigenvalue weighted by Gasteiger charge is -2.48. The van der Waals surface area contributed by atoms with Crippen molar-refractivity contribution < 1.29 is 57.1 Å². The summed E-state index contributed by atoms with van der Waals surface area (Å²) in [6.07, 6.45) is -5.10. The Labute approximate surface area is 207 Å². The predicted molar refractivity (Wildman–Crippen MR) is 115 cm³/mol. The van der Waals surface area contributed by atoms with Gasteiger partial charge < -0.3 is 33.2 Å². The van der Waals surface area contributed by atoms with E-state index < -0.39 is 78.5 Å². The molecule has 0 aromatic rings. The highest BCUT2D eigenvalue weighted by Crippen LogP contribution is 2.36. The molecule has 1 saturated heterocycles. The summed E-state index contributed by atoms with van der Waals surface area (Å²) in [5.41, 5.74) is 0. The maximum Gasteiger partial charge on any atom is 0.303 e. The molecular weight excluding hydrogens is 482 g/mol. The van der Waals surface area contributed by atoms with Gasteiger partial charge in [0.2, 0.25) is 0 Å². The van der Waals surface area contributed by atoms with E-state index in [1.165, 1.54) is 19.9 Å². The zero-order valence-electron chi connectivity index (χ0n) is 20.5. The predicted octanol–water partition coefficient (Wildman–Crippen LogP) is 0.138. The van der Waals surface area contributed by atoms with E-state index in [0.29, 0.717) is 0 Å². The summed E-state index contributed by atoms with van der Waals surface area (Å²) in [5.74, 6) is -4.31. The third kappa shape index (κ3) is 8.03. The average molecular weight is 511 g/mol. The number of nitrogens with zero attached hydrogens (tertiary/aromatic N) is 1. The van der Waals surface area contributed by atoms with E-state index >= 15 is 0 Å². The smallest absolute Gasteiger partial charge is 0.303 e. The molecule has 2 heterocycles. The van der Waals surface area contributed by atoms with Gasteiger partial charge in [-0.15, -0.1) is 0 Å². The lowest BCUT2D eigenvalue weighted by molar-refractivity contribution is -0.265. The summed E-state index contributed by atoms with van der Waals surface area (Å²) in [7, 11) is 0. The molecular formula is C23H29NO12. The van der Waals surface area contributed by atoms with E-state index in [4.69, 9.17) is 33.2 Å². The Morgan fingerprint density at radius 3 is 1.69 bits per heavy atom. The number of carbonyl (C=O) groups is 5. The summed E-state index contributed by atoms with van der Waals surface area (Å²) in [6.45, 7) is 5.08. The largest absolute Gasteiger partial charge is 0.463 e. The molecule has 0 spiro atoms. The number of rotatable bonds is 8. The Kier molecular flexibility index (Phi) is 10.4. The van der Waals surface area contributed by atoms with Gasteiger partial charge >= 0.3 is 29.8 Å². The van der Waals surface area contributed by atoms with Gasteiger partial charge in [0, 0.05) is 40.5 Å². The molecule has 1 fully saturated rings. The highest BCUT2D eigenvalue weighted by atomic mass is 16.7. The van der Waals surface area contributed by atoms with Crippen LogP contribution in [0.3, 0.4) is 0 Å². The monoisotopic (exact) mass is 511 g/mol. The minimum absolute atomic E-state index is 0.268. The van der Waals surface area contributed by atoms with Gasteiger partial charge in [-0.25, -0.2) is 0 Å². The second kappa shape index (κ2) is 13.0. The van der Waals surface area contributed by atoms with Crippen molar-refractivity contribution in [3.63, 3.8) is 0 Å². The van der Waals surface area contributed by atoms with Gasteiger partial charge in [-0.05, 0) is 6.08 Å². The lowest BCUT2D eigenvalue weighted by Crippen LogP contribution is -2.65. The topological polar surface area (TPSA) is 174 Å². The quantitative estimate of drug-likeness (QED) is 0.245. The van der Waals surface area contributed by atoms with Crippen LogP contribution in [-0.4, -0.2) is 85.8 Å². The van der Waals surface area contributed by atoms with Gasteiger partial charge in [0.1, 0.15) is 31.5 Å². The van der Waals surface area contributed by atoms with Crippen LogP contribution in [0.5, 0.6) is 0 Å². The van der Waals surface area contributed by atoms with Gasteiger partial charge in [-0.3, -0.25) is 24.0 Å². The molecule has 0 N–H and O–H groups in total. The molecule has 0 radical (unpaired) electrons. The number of hydrogen-bond donors (Lipinski definition) is 0. The van der Waals surface area contributed by atoms with Crippen molar-refractivity contribution >= 4 is 29.8 Å². The molecule has 0 aliphatic carbocycles. The molecule has 13 nitrogen and oxygen atoms in total. The molecule has 0 aromatic heterocycles. The highest BCUT2D eigenvalue weighted by molar-refractivity contribution is 5.69. The number of carbonyl (C=O) groups excluding carboxylic acids is 5. The van der Waals surface area contributed by atoms with E-state index in [2.05, 4.69) is 0 Å². The first-order valence-electron chi connectivity index (χ1n) is 11.1. The fourth-order valence-corrected chi connectivity index (χ4v) is 3.99. The molecule has 198 valence electrons. The van der Waals surface area contributed by atoms with Gasteiger partial charge in [-0.1, -0.05) is 6.08 Å². The third-order valence-corrected chi connectivity index (χ3v) is 5.24. The van der Waals surface area contributed by atoms with Crippen molar-refractivity contribution in [2.24, 2.45) is 5.92 Å². The first kappa shape index (κ1) is 28.7. The van der Waals surface area contributed by atoms with Crippen molar-refractivity contribution in [2.45, 2.75) is 77.3 Å². The summed E-state index contributed by atoms with van der Waals surface area (Å²) < 4.78 is 38.3. The van der Waals surface area contributed by atoms with Crippen molar-refractivity contribution in [3.05, 3.63) is 12.2 Å². The summed E-state index contributed by atoms with van der Waals surface area (Å²) in [6, 6.07) is 1.93. The molecule has 36 heavy (non-hydrogen) atoms. The second-order valence-corrected chi connectivity index (χ2v) is 8.15. The van der Waals surface area contributed by atoms with Gasteiger partial charge in [0.05, 0.1) is 6.07 Å². The van der Waals surface area contributed by atoms with E-state index in [1.807, 2.05) is 6.07 Å². The van der Waals surface area contributed by atoms with Crippen molar-refractivity contribution in [1.82, 2.24) is 0 Å². The van der Waals surface area contributed by atoms with E-state index in [0.717, 1.165) is 20.8 Å². The Balaban J connectivity index is 2.56. The Hall–Kier alpha value is -3.50. The SMILES string of the molecule is CC(=O)OC[C@H]1O[C@H](C#N)C=C[C@@H]1[C@@H]1O[C@H](COC(C)=O)[C@H](OC(C)=O)[C@H](OC(C)=O)[C@H]1OC(C)=O. The zero-order chi connectivity index (χ0) is 27.0. The highest BCUT2D eigenvalue weighted by Gasteiger charge is 2.55. The summed E-state index contributed by atoms with van der Waals surface area (Å²) in [5, 5.41) is 9.29. The van der Waals surface area contributed by atoms with E-state index in [-0.39, 0.29) is 13.2 Å². The molecule has 0 amide bonds. The maximum atomic E-state index is 12.0. The first-order chi connectivity index (χ1) is 16.9. The van der Waals surface area contributed by atoms with Gasteiger partial charge in [0.15, 0.2) is 24.4 Å². The standard InChI is InChI=1S/C23H29NO12/c1-11(25)30-9-18-17(7-6-16(8-24)35-18)20-22(33-14(4)28)23(34-15(5)29)21(32-13(3)27)19(36-20)10-31-12(2)26/h6-7,16-23H,9-10H2,1-5H3/t16-,17-,18+,19+,20-,21-,22-,23-/m0/s1. The molecule has 8 atom stereocenters. The van der Waals surface area contributed by atoms with Crippen LogP contribution >= 0.6 is 0 Å². The van der Waals surface area contributed by atoms with Crippen LogP contribution in [0.2, 0.25) is 0 Å². The second-order valence-electron chi connectivity index (χ2n) is 8.15. The zero-order valence-corrected chi connectivity index (χ0v) is 20.5. The van der Waals surface area contributed by atoms with Crippen LogP contribution in [0.4, 0.5) is 0 Å². The van der Waals surface area contributed by atoms with Crippen molar-refractivity contribution in [2.75, 3.05) is 13.2 Å². The van der Waals surface area contributed by atoms with Crippen LogP contribution in [0.1, 0.15) is 34.6 Å². The normalized spacial score (nSPS) is 31.3. The van der Waals surface area contributed by atoms with Crippen LogP contribution in [0.15, 0.2) is 12.2 Å². The van der Waals surface area contributed by atoms with Crippen LogP contribution in [-0.2, 0) is 57.1 Å². The molecule has 0 saturated carbocycles. The molecule has 2 rings (SSSR count). The Morgan fingerprint density at radius 1 is 0.694 bits per heavy atom. The molecule has 2 aliphatic heterocycles. The summed E-state index contributed by atoms with van der Waals surface area (Å²) >= 11 is 0. The van der Waals surface area contributed by atoms with Gasteiger partial charge in [0.25, 0.3) is 0 Å². The molecule has 0 unspecified atom stereocenters. The lowest BCUT2D eigenvalue weighted by atomic mass is 9.83. The average Bonchev–Trinajstić information content (AvgIpc) is 2.78. The maximum absolute atomic E-state index is 12.0. The number of nitriles is 1. The molecule has 0 bridgehead atoms. The van der Waals surface area contributed by atoms with Crippen LogP contribution in [0, 0.1) is 17.2 Å². The fourth-order valence-electron chi connectivity index (χ4n) is 3.99. The molecule has 2 aliphatic rings. The minimum atomic E-state index is -1.36. The van der Waals surface area contributed by atoms with Crippen molar-refractivity contribution in [3.8, 4) is 6.07 Å². The number of hydrogen-bond acceptors (Lipinski definition) is 13. The van der Waals surface area contributed by atoms with Crippen LogP contribution in [0.25, 0.3) is 0 Å². The Bertz CT molecular complexity index is 925. The molecule has 0 aromatic carbocycles. The third-order valence-electron chi connectivity index (χ3n) is 5.24. The number of esters is 5. The minimum Gasteiger partial charge on any atom is -0.463 e. The van der Waals surface area contributed by atoms with E-state index in [1.54, 1.807) is 6.08 Å². The Morgan fingerprint density at radius 2 is 1.19 bits per heavy atom.